The van der Waals surface area contributed by atoms with Gasteiger partial charge in [0.05, 0.1) is 18.0 Å². The Morgan fingerprint density at radius 2 is 2.00 bits per heavy atom. The van der Waals surface area contributed by atoms with Crippen LogP contribution in [0, 0.1) is 0 Å². The first-order chi connectivity index (χ1) is 10.2. The maximum atomic E-state index is 5.14. The van der Waals surface area contributed by atoms with Crippen LogP contribution in [0.2, 0.25) is 0 Å². The summed E-state index contributed by atoms with van der Waals surface area (Å²) >= 11 is 0. The molecule has 0 amide bonds. The summed E-state index contributed by atoms with van der Waals surface area (Å²) in [7, 11) is 5.80. The van der Waals surface area contributed by atoms with Crippen LogP contribution in [-0.4, -0.2) is 49.0 Å². The fourth-order valence-electron chi connectivity index (χ4n) is 2.24. The Balaban J connectivity index is 2.08. The molecule has 0 fully saturated rings. The van der Waals surface area contributed by atoms with Gasteiger partial charge in [-0.15, -0.1) is 0 Å². The molecule has 0 radical (unpaired) electrons. The van der Waals surface area contributed by atoms with E-state index in [2.05, 4.69) is 52.7 Å². The minimum atomic E-state index is 0.638. The van der Waals surface area contributed by atoms with Gasteiger partial charge in [-0.25, -0.2) is 4.68 Å². The molecule has 0 aliphatic carbocycles. The first kappa shape index (κ1) is 15.7. The van der Waals surface area contributed by atoms with Crippen molar-refractivity contribution < 1.29 is 4.74 Å². The summed E-state index contributed by atoms with van der Waals surface area (Å²) in [6.45, 7) is 3.51. The molecule has 1 aromatic carbocycles. The average molecular weight is 288 g/mol. The van der Waals surface area contributed by atoms with Crippen LogP contribution < -0.4 is 5.32 Å². The number of nitrogens with zero attached hydrogens (tertiary/aromatic N) is 3. The lowest BCUT2D eigenvalue weighted by Crippen LogP contribution is -2.27. The number of aromatic nitrogens is 2. The third kappa shape index (κ3) is 4.39. The minimum absolute atomic E-state index is 0.638. The molecule has 21 heavy (non-hydrogen) atoms. The van der Waals surface area contributed by atoms with Gasteiger partial charge in [0.2, 0.25) is 0 Å². The lowest BCUT2D eigenvalue weighted by Gasteiger charge is -2.17. The summed E-state index contributed by atoms with van der Waals surface area (Å²) in [5.74, 6) is 0. The van der Waals surface area contributed by atoms with Crippen LogP contribution in [0.5, 0.6) is 0 Å². The molecule has 0 saturated carbocycles. The summed E-state index contributed by atoms with van der Waals surface area (Å²) in [4.78, 5) is 2.28. The Morgan fingerprint density at radius 3 is 2.67 bits per heavy atom. The van der Waals surface area contributed by atoms with Crippen molar-refractivity contribution in [2.24, 2.45) is 0 Å². The second-order valence-electron chi connectivity index (χ2n) is 5.18. The van der Waals surface area contributed by atoms with E-state index in [1.807, 2.05) is 17.9 Å². The highest BCUT2D eigenvalue weighted by atomic mass is 16.5. The van der Waals surface area contributed by atoms with Crippen molar-refractivity contribution in [3.63, 3.8) is 0 Å². The van der Waals surface area contributed by atoms with Gasteiger partial charge in [-0.2, -0.15) is 5.10 Å². The predicted octanol–water partition coefficient (Wildman–Crippen LogP) is 1.67. The SMILES string of the molecule is CNCCN(C)Cc1ccnn1-c1ccc(COC)cc1. The Labute approximate surface area is 126 Å². The van der Waals surface area contributed by atoms with Crippen LogP contribution in [-0.2, 0) is 17.9 Å². The molecule has 0 saturated heterocycles. The number of benzene rings is 1. The number of rotatable bonds is 8. The van der Waals surface area contributed by atoms with Crippen molar-refractivity contribution in [1.82, 2.24) is 20.0 Å². The van der Waals surface area contributed by atoms with Crippen LogP contribution in [0.4, 0.5) is 0 Å². The number of hydrogen-bond donors (Lipinski definition) is 1. The molecule has 114 valence electrons. The standard InChI is InChI=1S/C16H24N4O/c1-17-10-11-19(2)12-16-8-9-18-20(16)15-6-4-14(5-7-15)13-21-3/h4-9,17H,10-13H2,1-3H3. The largest absolute Gasteiger partial charge is 0.380 e. The zero-order valence-electron chi connectivity index (χ0n) is 13.0. The predicted molar refractivity (Wildman–Crippen MR) is 84.5 cm³/mol. The van der Waals surface area contributed by atoms with Crippen LogP contribution in [0.3, 0.4) is 0 Å². The fourth-order valence-corrected chi connectivity index (χ4v) is 2.24. The lowest BCUT2D eigenvalue weighted by molar-refractivity contribution is 0.185. The Morgan fingerprint density at radius 1 is 1.24 bits per heavy atom. The Bertz CT molecular complexity index is 535. The summed E-state index contributed by atoms with van der Waals surface area (Å²) in [5.41, 5.74) is 3.44. The van der Waals surface area contributed by atoms with Crippen LogP contribution in [0.25, 0.3) is 5.69 Å². The van der Waals surface area contributed by atoms with Gasteiger partial charge in [-0.05, 0) is 37.9 Å². The van der Waals surface area contributed by atoms with Crippen molar-refractivity contribution in [2.45, 2.75) is 13.2 Å². The maximum absolute atomic E-state index is 5.14. The minimum Gasteiger partial charge on any atom is -0.380 e. The number of hydrogen-bond acceptors (Lipinski definition) is 4. The molecule has 0 bridgehead atoms. The topological polar surface area (TPSA) is 42.3 Å². The summed E-state index contributed by atoms with van der Waals surface area (Å²) in [6.07, 6.45) is 1.85. The van der Waals surface area contributed by atoms with Gasteiger partial charge >= 0.3 is 0 Å². The van der Waals surface area contributed by atoms with E-state index in [4.69, 9.17) is 4.74 Å². The van der Waals surface area contributed by atoms with Crippen LogP contribution >= 0.6 is 0 Å². The molecule has 0 atom stereocenters. The highest BCUT2D eigenvalue weighted by Gasteiger charge is 2.07. The van der Waals surface area contributed by atoms with Crippen molar-refractivity contribution in [3.8, 4) is 5.69 Å². The van der Waals surface area contributed by atoms with Gasteiger partial charge in [0.15, 0.2) is 0 Å². The average Bonchev–Trinajstić information content (AvgIpc) is 2.94. The van der Waals surface area contributed by atoms with Gasteiger partial charge in [0.1, 0.15) is 0 Å². The van der Waals surface area contributed by atoms with Gasteiger partial charge in [-0.3, -0.25) is 4.90 Å². The van der Waals surface area contributed by atoms with E-state index in [9.17, 15) is 0 Å². The van der Waals surface area contributed by atoms with Crippen molar-refractivity contribution in [2.75, 3.05) is 34.3 Å². The summed E-state index contributed by atoms with van der Waals surface area (Å²) < 4.78 is 7.13. The molecule has 5 heteroatoms. The summed E-state index contributed by atoms with van der Waals surface area (Å²) in [5, 5.41) is 7.61. The molecular formula is C16H24N4O. The molecule has 0 unspecified atom stereocenters. The van der Waals surface area contributed by atoms with Gasteiger partial charge < -0.3 is 10.1 Å². The normalized spacial score (nSPS) is 11.2. The summed E-state index contributed by atoms with van der Waals surface area (Å²) in [6, 6.07) is 10.4. The monoisotopic (exact) mass is 288 g/mol. The number of nitrogens with one attached hydrogen (secondary N) is 1. The van der Waals surface area contributed by atoms with Crippen LogP contribution in [0.1, 0.15) is 11.3 Å². The van der Waals surface area contributed by atoms with Gasteiger partial charge in [-0.1, -0.05) is 12.1 Å². The first-order valence-corrected chi connectivity index (χ1v) is 7.19. The van der Waals surface area contributed by atoms with E-state index < -0.39 is 0 Å². The second kappa shape index (κ2) is 7.93. The van der Waals surface area contributed by atoms with Gasteiger partial charge in [0, 0.05) is 32.9 Å². The molecule has 0 aliphatic heterocycles. The molecule has 5 nitrogen and oxygen atoms in total. The highest BCUT2D eigenvalue weighted by Crippen LogP contribution is 2.13. The molecule has 1 heterocycles. The van der Waals surface area contributed by atoms with E-state index in [0.717, 1.165) is 25.3 Å². The first-order valence-electron chi connectivity index (χ1n) is 7.19. The quantitative estimate of drug-likeness (QED) is 0.802. The maximum Gasteiger partial charge on any atom is 0.0713 e. The molecular weight excluding hydrogens is 264 g/mol. The molecule has 2 rings (SSSR count). The zero-order valence-corrected chi connectivity index (χ0v) is 13.0. The van der Waals surface area contributed by atoms with E-state index >= 15 is 0 Å². The van der Waals surface area contributed by atoms with Crippen molar-refractivity contribution in [1.29, 1.82) is 0 Å². The Hall–Kier alpha value is -1.69. The van der Waals surface area contributed by atoms with Crippen molar-refractivity contribution >= 4 is 0 Å². The Kier molecular flexibility index (Phi) is 5.92. The molecule has 1 aromatic heterocycles. The number of likely N-dealkylation sites (N-methyl/N-ethyl adjacent to an activating group) is 2. The van der Waals surface area contributed by atoms with E-state index in [1.54, 1.807) is 7.11 Å². The second-order valence-corrected chi connectivity index (χ2v) is 5.18. The number of methoxy groups -OCH3 is 1. The lowest BCUT2D eigenvalue weighted by atomic mass is 10.2. The van der Waals surface area contributed by atoms with E-state index in [-0.39, 0.29) is 0 Å². The smallest absolute Gasteiger partial charge is 0.0713 e. The third-order valence-electron chi connectivity index (χ3n) is 3.39. The van der Waals surface area contributed by atoms with Gasteiger partial charge in [0.25, 0.3) is 0 Å². The van der Waals surface area contributed by atoms with E-state index in [0.29, 0.717) is 6.61 Å². The number of ether oxygens (including phenoxy) is 1. The molecule has 0 spiro atoms. The third-order valence-corrected chi connectivity index (χ3v) is 3.39. The van der Waals surface area contributed by atoms with Crippen molar-refractivity contribution in [3.05, 3.63) is 47.8 Å². The molecule has 1 N–H and O–H groups in total. The van der Waals surface area contributed by atoms with E-state index in [1.165, 1.54) is 11.3 Å². The molecule has 2 aromatic rings. The molecule has 0 aliphatic rings. The zero-order chi connectivity index (χ0) is 15.1. The van der Waals surface area contributed by atoms with Crippen LogP contribution in [0.15, 0.2) is 36.5 Å². The highest BCUT2D eigenvalue weighted by molar-refractivity contribution is 5.35. The fraction of sp³-hybridized carbons (Fsp3) is 0.438.